The summed E-state index contributed by atoms with van der Waals surface area (Å²) in [7, 11) is 0. The van der Waals surface area contributed by atoms with Crippen LogP contribution in [0.25, 0.3) is 0 Å². The minimum absolute atomic E-state index is 0.0213. The first-order valence-corrected chi connectivity index (χ1v) is 8.60. The van der Waals surface area contributed by atoms with Crippen molar-refractivity contribution in [1.29, 1.82) is 0 Å². The number of rotatable bonds is 5. The maximum Gasteiger partial charge on any atom is 0.319 e. The minimum atomic E-state index is -0.526. The van der Waals surface area contributed by atoms with Gasteiger partial charge in [0, 0.05) is 30.8 Å². The molecule has 2 N–H and O–H groups in total. The summed E-state index contributed by atoms with van der Waals surface area (Å²) in [6.45, 7) is 2.37. The van der Waals surface area contributed by atoms with E-state index in [1.165, 1.54) is 18.2 Å². The molecule has 1 fully saturated rings. The van der Waals surface area contributed by atoms with Crippen LogP contribution in [0.4, 0.5) is 16.2 Å². The monoisotopic (exact) mass is 368 g/mol. The number of carbonyl (C=O) groups is 2. The van der Waals surface area contributed by atoms with E-state index in [4.69, 9.17) is 0 Å². The Hall–Kier alpha value is -3.42. The largest absolute Gasteiger partial charge is 0.334 e. The summed E-state index contributed by atoms with van der Waals surface area (Å²) in [5, 5.41) is 16.1. The van der Waals surface area contributed by atoms with Gasteiger partial charge in [-0.3, -0.25) is 14.9 Å². The number of benzene rings is 2. The molecule has 2 aromatic carbocycles. The number of likely N-dealkylation sites (tertiary alicyclic amines) is 1. The summed E-state index contributed by atoms with van der Waals surface area (Å²) >= 11 is 0. The minimum Gasteiger partial charge on any atom is -0.334 e. The van der Waals surface area contributed by atoms with E-state index < -0.39 is 11.0 Å². The van der Waals surface area contributed by atoms with Crippen LogP contribution in [0.15, 0.2) is 54.6 Å². The first-order valence-electron chi connectivity index (χ1n) is 8.60. The molecule has 8 heteroatoms. The van der Waals surface area contributed by atoms with Crippen LogP contribution in [0, 0.1) is 10.1 Å². The summed E-state index contributed by atoms with van der Waals surface area (Å²) in [6.07, 6.45) is 0.222. The van der Waals surface area contributed by atoms with Gasteiger partial charge in [-0.2, -0.15) is 0 Å². The third kappa shape index (κ3) is 4.41. The third-order valence-corrected chi connectivity index (χ3v) is 4.56. The Morgan fingerprint density at radius 3 is 2.67 bits per heavy atom. The lowest BCUT2D eigenvalue weighted by atomic mass is 10.1. The van der Waals surface area contributed by atoms with Crippen LogP contribution in [-0.2, 0) is 4.79 Å². The van der Waals surface area contributed by atoms with Gasteiger partial charge >= 0.3 is 6.03 Å². The topological polar surface area (TPSA) is 105 Å². The molecule has 0 bridgehead atoms. The Kier molecular flexibility index (Phi) is 5.35. The number of nitrogens with one attached hydrogen (secondary N) is 2. The Morgan fingerprint density at radius 2 is 1.96 bits per heavy atom. The molecule has 1 aliphatic heterocycles. The van der Waals surface area contributed by atoms with Gasteiger partial charge in [-0.25, -0.2) is 4.79 Å². The molecule has 0 saturated carbocycles. The molecule has 3 amide bonds. The van der Waals surface area contributed by atoms with E-state index in [2.05, 4.69) is 10.6 Å². The second kappa shape index (κ2) is 7.86. The first-order chi connectivity index (χ1) is 12.9. The van der Waals surface area contributed by atoms with Gasteiger partial charge in [-0.1, -0.05) is 36.4 Å². The molecule has 2 unspecified atom stereocenters. The van der Waals surface area contributed by atoms with Gasteiger partial charge in [0.2, 0.25) is 5.91 Å². The van der Waals surface area contributed by atoms with E-state index in [9.17, 15) is 19.7 Å². The number of anilines is 1. The fourth-order valence-corrected chi connectivity index (χ4v) is 3.16. The van der Waals surface area contributed by atoms with Gasteiger partial charge in [0.05, 0.1) is 17.0 Å². The number of urea groups is 1. The van der Waals surface area contributed by atoms with E-state index in [0.29, 0.717) is 12.2 Å². The lowest BCUT2D eigenvalue weighted by molar-refractivity contribution is -0.384. The van der Waals surface area contributed by atoms with Gasteiger partial charge < -0.3 is 15.5 Å². The van der Waals surface area contributed by atoms with E-state index in [1.807, 2.05) is 37.3 Å². The molecule has 3 rings (SSSR count). The van der Waals surface area contributed by atoms with Crippen LogP contribution in [0.5, 0.6) is 0 Å². The number of non-ortho nitro benzene ring substituents is 1. The molecule has 0 aliphatic carbocycles. The quantitative estimate of drug-likeness (QED) is 0.625. The lowest BCUT2D eigenvalue weighted by Crippen LogP contribution is -2.40. The second-order valence-corrected chi connectivity index (χ2v) is 6.44. The molecule has 0 spiro atoms. The highest BCUT2D eigenvalue weighted by Crippen LogP contribution is 2.25. The van der Waals surface area contributed by atoms with Crippen LogP contribution >= 0.6 is 0 Å². The Bertz CT molecular complexity index is 856. The van der Waals surface area contributed by atoms with Crippen LogP contribution in [-0.4, -0.2) is 34.3 Å². The van der Waals surface area contributed by atoms with Crippen molar-refractivity contribution in [2.45, 2.75) is 25.4 Å². The average molecular weight is 368 g/mol. The van der Waals surface area contributed by atoms with Gasteiger partial charge in [-0.15, -0.1) is 0 Å². The summed E-state index contributed by atoms with van der Waals surface area (Å²) in [5.41, 5.74) is 1.25. The number of nitro groups is 1. The fraction of sp³-hybridized carbons (Fsp3) is 0.263. The van der Waals surface area contributed by atoms with E-state index in [0.717, 1.165) is 5.56 Å². The number of hydrogen-bond acceptors (Lipinski definition) is 4. The average Bonchev–Trinajstić information content (AvgIpc) is 3.01. The van der Waals surface area contributed by atoms with Crippen LogP contribution in [0.1, 0.15) is 24.9 Å². The van der Waals surface area contributed by atoms with E-state index in [1.54, 1.807) is 11.0 Å². The van der Waals surface area contributed by atoms with Crippen molar-refractivity contribution in [3.05, 3.63) is 70.3 Å². The van der Waals surface area contributed by atoms with Crippen molar-refractivity contribution >= 4 is 23.3 Å². The summed E-state index contributed by atoms with van der Waals surface area (Å²) in [4.78, 5) is 36.5. The van der Waals surface area contributed by atoms with Crippen LogP contribution in [0.2, 0.25) is 0 Å². The third-order valence-electron chi connectivity index (χ3n) is 4.56. The van der Waals surface area contributed by atoms with Crippen molar-refractivity contribution < 1.29 is 14.5 Å². The highest BCUT2D eigenvalue weighted by Gasteiger charge is 2.33. The molecule has 140 valence electrons. The molecule has 2 atom stereocenters. The van der Waals surface area contributed by atoms with Gasteiger partial charge in [0.15, 0.2) is 0 Å². The second-order valence-electron chi connectivity index (χ2n) is 6.44. The summed E-state index contributed by atoms with van der Waals surface area (Å²) < 4.78 is 0. The van der Waals surface area contributed by atoms with E-state index in [-0.39, 0.29) is 30.1 Å². The smallest absolute Gasteiger partial charge is 0.319 e. The molecule has 27 heavy (non-hydrogen) atoms. The molecule has 0 aromatic heterocycles. The van der Waals surface area contributed by atoms with Crippen LogP contribution < -0.4 is 10.6 Å². The SMILES string of the molecule is CC(c1ccccc1)N1CC(NC(=O)Nc2cccc([N+](=O)[O-])c2)CC1=O. The zero-order valence-corrected chi connectivity index (χ0v) is 14.8. The lowest BCUT2D eigenvalue weighted by Gasteiger charge is -2.25. The molecule has 1 heterocycles. The highest BCUT2D eigenvalue weighted by molar-refractivity contribution is 5.90. The Labute approximate surface area is 156 Å². The van der Waals surface area contributed by atoms with Crippen molar-refractivity contribution in [3.8, 4) is 0 Å². The van der Waals surface area contributed by atoms with Gasteiger partial charge in [0.1, 0.15) is 0 Å². The van der Waals surface area contributed by atoms with E-state index >= 15 is 0 Å². The summed E-state index contributed by atoms with van der Waals surface area (Å²) in [6, 6.07) is 14.5. The fourth-order valence-electron chi connectivity index (χ4n) is 3.16. The first kappa shape index (κ1) is 18.4. The van der Waals surface area contributed by atoms with Crippen LogP contribution in [0.3, 0.4) is 0 Å². The number of carbonyl (C=O) groups excluding carboxylic acids is 2. The van der Waals surface area contributed by atoms with Crippen molar-refractivity contribution in [2.24, 2.45) is 0 Å². The van der Waals surface area contributed by atoms with Crippen molar-refractivity contribution in [1.82, 2.24) is 10.2 Å². The van der Waals surface area contributed by atoms with Gasteiger partial charge in [-0.05, 0) is 18.6 Å². The standard InChI is InChI=1S/C19H20N4O4/c1-13(14-6-3-2-4-7-14)22-12-16(11-18(22)24)21-19(25)20-15-8-5-9-17(10-15)23(26)27/h2-10,13,16H,11-12H2,1H3,(H2,20,21,25). The Morgan fingerprint density at radius 1 is 1.22 bits per heavy atom. The zero-order chi connectivity index (χ0) is 19.4. The van der Waals surface area contributed by atoms with Gasteiger partial charge in [0.25, 0.3) is 5.69 Å². The highest BCUT2D eigenvalue weighted by atomic mass is 16.6. The van der Waals surface area contributed by atoms with Crippen molar-refractivity contribution in [3.63, 3.8) is 0 Å². The molecule has 1 aliphatic rings. The molecular weight excluding hydrogens is 348 g/mol. The molecular formula is C19H20N4O4. The molecule has 2 aromatic rings. The molecule has 8 nitrogen and oxygen atoms in total. The predicted octanol–water partition coefficient (Wildman–Crippen LogP) is 3.08. The Balaban J connectivity index is 1.59. The summed E-state index contributed by atoms with van der Waals surface area (Å²) in [5.74, 6) is -0.0213. The zero-order valence-electron chi connectivity index (χ0n) is 14.8. The number of amides is 3. The normalized spacial score (nSPS) is 17.4. The maximum atomic E-state index is 12.3. The number of nitro benzene ring substituents is 1. The number of nitrogens with zero attached hydrogens (tertiary/aromatic N) is 2. The van der Waals surface area contributed by atoms with Crippen molar-refractivity contribution in [2.75, 3.05) is 11.9 Å². The molecule has 0 radical (unpaired) electrons. The maximum absolute atomic E-state index is 12.3. The number of hydrogen-bond donors (Lipinski definition) is 2. The predicted molar refractivity (Wildman–Crippen MR) is 100 cm³/mol. The molecule has 1 saturated heterocycles.